The van der Waals surface area contributed by atoms with E-state index in [2.05, 4.69) is 31.3 Å². The van der Waals surface area contributed by atoms with Crippen LogP contribution in [0.3, 0.4) is 0 Å². The van der Waals surface area contributed by atoms with Gasteiger partial charge in [-0.2, -0.15) is 0 Å². The lowest BCUT2D eigenvalue weighted by Crippen LogP contribution is -2.45. The highest BCUT2D eigenvalue weighted by Gasteiger charge is 2.17. The van der Waals surface area contributed by atoms with Crippen molar-refractivity contribution in [2.75, 3.05) is 6.61 Å². The van der Waals surface area contributed by atoms with Gasteiger partial charge in [0.15, 0.2) is 0 Å². The highest BCUT2D eigenvalue weighted by Crippen LogP contribution is 2.12. The van der Waals surface area contributed by atoms with Crippen molar-refractivity contribution in [3.05, 3.63) is 24.3 Å². The molecule has 0 aliphatic rings. The molecule has 0 radical (unpaired) electrons. The third-order valence-electron chi connectivity index (χ3n) is 7.18. The summed E-state index contributed by atoms with van der Waals surface area (Å²) in [5.74, 6) is -0.0835. The first kappa shape index (κ1) is 35.9. The molecular weight excluding hydrogens is 458 g/mol. The van der Waals surface area contributed by atoms with Crippen LogP contribution in [-0.4, -0.2) is 34.9 Å². The molecule has 0 saturated carbocycles. The molecule has 4 heteroatoms. The quantitative estimate of drug-likeness (QED) is 0.0711. The first-order chi connectivity index (χ1) is 18.2. The Labute approximate surface area is 230 Å². The second-order valence-electron chi connectivity index (χ2n) is 10.9. The standard InChI is InChI=1S/C33H63NO3/c1-3-5-7-9-11-13-15-17-19-21-23-25-27-29-33(37)34-31(30-35)32(36)28-26-24-22-20-18-16-14-12-10-8-6-4-2/h17,19,26,28,31-32,35-36H,3-16,18,20-25,27,29-30H2,1-2H3,(H,34,37)/b19-17-,28-26+. The van der Waals surface area contributed by atoms with Crippen molar-refractivity contribution in [3.63, 3.8) is 0 Å². The number of aliphatic hydroxyl groups excluding tert-OH is 2. The number of allylic oxidation sites excluding steroid dienone is 3. The van der Waals surface area contributed by atoms with E-state index in [1.165, 1.54) is 103 Å². The van der Waals surface area contributed by atoms with Crippen molar-refractivity contribution in [2.45, 2.75) is 174 Å². The highest BCUT2D eigenvalue weighted by molar-refractivity contribution is 5.76. The van der Waals surface area contributed by atoms with Crippen LogP contribution in [0.2, 0.25) is 0 Å². The first-order valence-corrected chi connectivity index (χ1v) is 16.1. The Balaban J connectivity index is 3.70. The van der Waals surface area contributed by atoms with Gasteiger partial charge in [0.25, 0.3) is 0 Å². The van der Waals surface area contributed by atoms with Crippen LogP contribution in [0.4, 0.5) is 0 Å². The number of carbonyl (C=O) groups is 1. The minimum atomic E-state index is -0.839. The zero-order valence-corrected chi connectivity index (χ0v) is 24.7. The Kier molecular flexibility index (Phi) is 28.5. The summed E-state index contributed by atoms with van der Waals surface area (Å²) in [4.78, 5) is 12.2. The van der Waals surface area contributed by atoms with E-state index in [9.17, 15) is 15.0 Å². The fourth-order valence-corrected chi connectivity index (χ4v) is 4.64. The number of unbranched alkanes of at least 4 members (excludes halogenated alkanes) is 19. The largest absolute Gasteiger partial charge is 0.394 e. The average Bonchev–Trinajstić information content (AvgIpc) is 2.90. The minimum Gasteiger partial charge on any atom is -0.394 e. The van der Waals surface area contributed by atoms with Crippen LogP contribution < -0.4 is 5.32 Å². The van der Waals surface area contributed by atoms with Crippen LogP contribution in [0.25, 0.3) is 0 Å². The molecule has 1 amide bonds. The van der Waals surface area contributed by atoms with Gasteiger partial charge >= 0.3 is 0 Å². The van der Waals surface area contributed by atoms with Crippen LogP contribution >= 0.6 is 0 Å². The SMILES string of the molecule is CCCCCCCC/C=C\CCCCCC(=O)NC(CO)C(O)/C=C/CCCCCCCCCCCC. The molecule has 0 saturated heterocycles. The predicted octanol–water partition coefficient (Wildman–Crippen LogP) is 8.95. The van der Waals surface area contributed by atoms with Gasteiger partial charge in [-0.1, -0.05) is 134 Å². The Hall–Kier alpha value is -1.13. The van der Waals surface area contributed by atoms with E-state index >= 15 is 0 Å². The van der Waals surface area contributed by atoms with Crippen LogP contribution in [0.15, 0.2) is 24.3 Å². The number of rotatable bonds is 28. The van der Waals surface area contributed by atoms with Crippen molar-refractivity contribution in [1.82, 2.24) is 5.32 Å². The van der Waals surface area contributed by atoms with Crippen molar-refractivity contribution < 1.29 is 15.0 Å². The number of hydrogen-bond acceptors (Lipinski definition) is 3. The zero-order valence-electron chi connectivity index (χ0n) is 24.7. The van der Waals surface area contributed by atoms with Gasteiger partial charge in [0.05, 0.1) is 18.8 Å². The molecule has 2 atom stereocenters. The average molecular weight is 522 g/mol. The number of carbonyl (C=O) groups excluding carboxylic acids is 1. The van der Waals surface area contributed by atoms with Crippen LogP contribution in [0, 0.1) is 0 Å². The second kappa shape index (κ2) is 29.4. The summed E-state index contributed by atoms with van der Waals surface area (Å²) in [6.45, 7) is 4.26. The van der Waals surface area contributed by atoms with Crippen molar-refractivity contribution in [3.8, 4) is 0 Å². The summed E-state index contributed by atoms with van der Waals surface area (Å²) in [6.07, 6.45) is 35.3. The first-order valence-electron chi connectivity index (χ1n) is 16.1. The predicted molar refractivity (Wildman–Crippen MR) is 161 cm³/mol. The molecule has 0 aromatic carbocycles. The maximum absolute atomic E-state index is 12.2. The molecule has 37 heavy (non-hydrogen) atoms. The maximum atomic E-state index is 12.2. The van der Waals surface area contributed by atoms with E-state index in [4.69, 9.17) is 0 Å². The van der Waals surface area contributed by atoms with Gasteiger partial charge in [-0.15, -0.1) is 0 Å². The lowest BCUT2D eigenvalue weighted by atomic mass is 10.1. The van der Waals surface area contributed by atoms with E-state index in [1.807, 2.05) is 6.08 Å². The molecule has 0 aromatic rings. The number of amides is 1. The molecule has 3 N–H and O–H groups in total. The van der Waals surface area contributed by atoms with E-state index in [-0.39, 0.29) is 12.5 Å². The van der Waals surface area contributed by atoms with Crippen molar-refractivity contribution >= 4 is 5.91 Å². The molecule has 0 bridgehead atoms. The Morgan fingerprint density at radius 3 is 1.49 bits per heavy atom. The van der Waals surface area contributed by atoms with Gasteiger partial charge < -0.3 is 15.5 Å². The molecule has 4 nitrogen and oxygen atoms in total. The zero-order chi connectivity index (χ0) is 27.2. The maximum Gasteiger partial charge on any atom is 0.220 e. The monoisotopic (exact) mass is 521 g/mol. The third-order valence-corrected chi connectivity index (χ3v) is 7.18. The molecule has 0 rings (SSSR count). The summed E-state index contributed by atoms with van der Waals surface area (Å²) < 4.78 is 0. The number of hydrogen-bond donors (Lipinski definition) is 3. The van der Waals surface area contributed by atoms with Gasteiger partial charge in [0, 0.05) is 6.42 Å². The van der Waals surface area contributed by atoms with Crippen molar-refractivity contribution in [1.29, 1.82) is 0 Å². The molecular formula is C33H63NO3. The molecule has 0 spiro atoms. The smallest absolute Gasteiger partial charge is 0.220 e. The van der Waals surface area contributed by atoms with E-state index in [0.717, 1.165) is 38.5 Å². The Morgan fingerprint density at radius 1 is 0.622 bits per heavy atom. The molecule has 0 aliphatic carbocycles. The molecule has 0 aliphatic heterocycles. The van der Waals surface area contributed by atoms with E-state index < -0.39 is 12.1 Å². The normalized spacial score (nSPS) is 13.5. The van der Waals surface area contributed by atoms with Crippen LogP contribution in [0.1, 0.15) is 162 Å². The van der Waals surface area contributed by atoms with Crippen LogP contribution in [-0.2, 0) is 4.79 Å². The molecule has 0 aromatic heterocycles. The van der Waals surface area contributed by atoms with Gasteiger partial charge in [-0.25, -0.2) is 0 Å². The second-order valence-corrected chi connectivity index (χ2v) is 10.9. The molecule has 218 valence electrons. The minimum absolute atomic E-state index is 0.0835. The molecule has 2 unspecified atom stereocenters. The van der Waals surface area contributed by atoms with Gasteiger partial charge in [0.2, 0.25) is 5.91 Å². The highest BCUT2D eigenvalue weighted by atomic mass is 16.3. The Morgan fingerprint density at radius 2 is 1.03 bits per heavy atom. The lowest BCUT2D eigenvalue weighted by Gasteiger charge is -2.19. The molecule has 0 heterocycles. The van der Waals surface area contributed by atoms with Crippen molar-refractivity contribution in [2.24, 2.45) is 0 Å². The topological polar surface area (TPSA) is 69.6 Å². The summed E-state index contributed by atoms with van der Waals surface area (Å²) in [6, 6.07) is -0.624. The summed E-state index contributed by atoms with van der Waals surface area (Å²) in [7, 11) is 0. The third kappa shape index (κ3) is 26.3. The number of aliphatic hydroxyl groups is 2. The summed E-state index contributed by atoms with van der Waals surface area (Å²) >= 11 is 0. The van der Waals surface area contributed by atoms with Crippen LogP contribution in [0.5, 0.6) is 0 Å². The summed E-state index contributed by atoms with van der Waals surface area (Å²) in [5.41, 5.74) is 0. The fraction of sp³-hybridized carbons (Fsp3) is 0.848. The van der Waals surface area contributed by atoms with Gasteiger partial charge in [-0.05, 0) is 44.9 Å². The Bertz CT molecular complexity index is 532. The fourth-order valence-electron chi connectivity index (χ4n) is 4.64. The van der Waals surface area contributed by atoms with Gasteiger partial charge in [-0.3, -0.25) is 4.79 Å². The molecule has 0 fully saturated rings. The lowest BCUT2D eigenvalue weighted by molar-refractivity contribution is -0.123. The van der Waals surface area contributed by atoms with E-state index in [1.54, 1.807) is 6.08 Å². The van der Waals surface area contributed by atoms with E-state index in [0.29, 0.717) is 6.42 Å². The number of nitrogens with one attached hydrogen (secondary N) is 1. The summed E-state index contributed by atoms with van der Waals surface area (Å²) in [5, 5.41) is 22.7. The van der Waals surface area contributed by atoms with Gasteiger partial charge in [0.1, 0.15) is 0 Å².